The van der Waals surface area contributed by atoms with E-state index in [4.69, 9.17) is 11.6 Å². The van der Waals surface area contributed by atoms with Gasteiger partial charge in [-0.15, -0.1) is 0 Å². The molecule has 0 aromatic heterocycles. The van der Waals surface area contributed by atoms with E-state index in [1.165, 1.54) is 82.6 Å². The van der Waals surface area contributed by atoms with E-state index in [1.54, 1.807) is 6.07 Å². The molecule has 2 aliphatic rings. The molecule has 0 atom stereocenters. The molecule has 1 aromatic rings. The zero-order valence-electron chi connectivity index (χ0n) is 16.1. The minimum absolute atomic E-state index is 0.231. The van der Waals surface area contributed by atoms with Gasteiger partial charge in [-0.25, -0.2) is 4.39 Å². The molecule has 0 heterocycles. The van der Waals surface area contributed by atoms with Crippen LogP contribution in [0.2, 0.25) is 5.02 Å². The monoisotopic (exact) mass is 490 g/mol. The standard InChI is InChI=1S/C23H33ClFI/c1-2-3-16-4-6-17(7-5-16)8-9-18-10-12-19(13-11-18)20-14-15-21(24)22(25)23(20)26/h14-19H,2-13H2,1H3. The number of hydrogen-bond donors (Lipinski definition) is 0. The third-order valence-electron chi connectivity index (χ3n) is 7.00. The number of rotatable bonds is 6. The molecule has 0 spiro atoms. The Morgan fingerprint density at radius 1 is 0.885 bits per heavy atom. The van der Waals surface area contributed by atoms with Gasteiger partial charge in [0.25, 0.3) is 0 Å². The molecular formula is C23H33ClFI. The van der Waals surface area contributed by atoms with E-state index in [0.717, 1.165) is 21.3 Å². The Labute approximate surface area is 177 Å². The molecule has 2 fully saturated rings. The smallest absolute Gasteiger partial charge is 0.155 e. The highest BCUT2D eigenvalue weighted by molar-refractivity contribution is 14.1. The van der Waals surface area contributed by atoms with Gasteiger partial charge in [-0.2, -0.15) is 0 Å². The second-order valence-electron chi connectivity index (χ2n) is 8.74. The lowest BCUT2D eigenvalue weighted by Crippen LogP contribution is -2.18. The fourth-order valence-corrected chi connectivity index (χ4v) is 6.53. The van der Waals surface area contributed by atoms with Crippen LogP contribution < -0.4 is 0 Å². The molecular weight excluding hydrogens is 458 g/mol. The van der Waals surface area contributed by atoms with Crippen LogP contribution in [0, 0.1) is 27.1 Å². The average Bonchev–Trinajstić information content (AvgIpc) is 2.67. The molecule has 26 heavy (non-hydrogen) atoms. The van der Waals surface area contributed by atoms with Crippen molar-refractivity contribution < 1.29 is 4.39 Å². The first-order chi connectivity index (χ1) is 12.6. The first-order valence-corrected chi connectivity index (χ1v) is 12.2. The van der Waals surface area contributed by atoms with Crippen LogP contribution in [0.1, 0.15) is 95.5 Å². The maximum absolute atomic E-state index is 14.1. The number of halogens is 3. The van der Waals surface area contributed by atoms with Gasteiger partial charge in [0.2, 0.25) is 0 Å². The third kappa shape index (κ3) is 5.37. The summed E-state index contributed by atoms with van der Waals surface area (Å²) in [5.74, 6) is 3.20. The molecule has 0 aliphatic heterocycles. The zero-order chi connectivity index (χ0) is 18.5. The molecule has 0 amide bonds. The molecule has 0 N–H and O–H groups in total. The summed E-state index contributed by atoms with van der Waals surface area (Å²) in [7, 11) is 0. The van der Waals surface area contributed by atoms with E-state index < -0.39 is 0 Å². The maximum atomic E-state index is 14.1. The van der Waals surface area contributed by atoms with Gasteiger partial charge in [0.05, 0.1) is 8.59 Å². The summed E-state index contributed by atoms with van der Waals surface area (Å²) >= 11 is 8.04. The van der Waals surface area contributed by atoms with E-state index in [9.17, 15) is 4.39 Å². The first kappa shape index (κ1) is 20.9. The zero-order valence-corrected chi connectivity index (χ0v) is 19.0. The molecule has 0 nitrogen and oxygen atoms in total. The van der Waals surface area contributed by atoms with Crippen LogP contribution in [0.25, 0.3) is 0 Å². The molecule has 146 valence electrons. The van der Waals surface area contributed by atoms with Crippen molar-refractivity contribution in [1.82, 2.24) is 0 Å². The fraction of sp³-hybridized carbons (Fsp3) is 0.739. The molecule has 0 unspecified atom stereocenters. The minimum atomic E-state index is -0.231. The van der Waals surface area contributed by atoms with Gasteiger partial charge in [0.1, 0.15) is 0 Å². The van der Waals surface area contributed by atoms with Crippen molar-refractivity contribution >= 4 is 34.2 Å². The van der Waals surface area contributed by atoms with Gasteiger partial charge in [-0.05, 0) is 83.6 Å². The predicted octanol–water partition coefficient (Wildman–Crippen LogP) is 8.74. The lowest BCUT2D eigenvalue weighted by molar-refractivity contribution is 0.224. The Balaban J connectivity index is 1.41. The lowest BCUT2D eigenvalue weighted by atomic mass is 9.74. The van der Waals surface area contributed by atoms with Crippen LogP contribution in [0.4, 0.5) is 4.39 Å². The molecule has 0 bridgehead atoms. The van der Waals surface area contributed by atoms with Gasteiger partial charge >= 0.3 is 0 Å². The van der Waals surface area contributed by atoms with Crippen LogP contribution in [-0.4, -0.2) is 0 Å². The third-order valence-corrected chi connectivity index (χ3v) is 8.39. The fourth-order valence-electron chi connectivity index (χ4n) is 5.31. The van der Waals surface area contributed by atoms with E-state index in [0.29, 0.717) is 5.92 Å². The minimum Gasteiger partial charge on any atom is -0.204 e. The molecule has 0 saturated heterocycles. The predicted molar refractivity (Wildman–Crippen MR) is 118 cm³/mol. The van der Waals surface area contributed by atoms with Crippen molar-refractivity contribution in [3.05, 3.63) is 32.1 Å². The summed E-state index contributed by atoms with van der Waals surface area (Å²) < 4.78 is 14.8. The molecule has 2 saturated carbocycles. The molecule has 3 heteroatoms. The van der Waals surface area contributed by atoms with Crippen molar-refractivity contribution in [1.29, 1.82) is 0 Å². The van der Waals surface area contributed by atoms with Crippen LogP contribution in [0.15, 0.2) is 12.1 Å². The Morgan fingerprint density at radius 2 is 1.38 bits per heavy atom. The highest BCUT2D eigenvalue weighted by atomic mass is 127. The Bertz CT molecular complexity index is 572. The first-order valence-electron chi connectivity index (χ1n) is 10.7. The van der Waals surface area contributed by atoms with Crippen LogP contribution in [0.3, 0.4) is 0 Å². The van der Waals surface area contributed by atoms with E-state index >= 15 is 0 Å². The van der Waals surface area contributed by atoms with Gasteiger partial charge in [0.15, 0.2) is 5.82 Å². The van der Waals surface area contributed by atoms with E-state index in [-0.39, 0.29) is 10.8 Å². The summed E-state index contributed by atoms with van der Waals surface area (Å²) in [6.45, 7) is 2.32. The SMILES string of the molecule is CCCC1CCC(CCC2CCC(c3ccc(Cl)c(F)c3I)CC2)CC1. The summed E-state index contributed by atoms with van der Waals surface area (Å²) in [6.07, 6.45) is 16.6. The topological polar surface area (TPSA) is 0 Å². The van der Waals surface area contributed by atoms with Gasteiger partial charge in [-0.3, -0.25) is 0 Å². The summed E-state index contributed by atoms with van der Waals surface area (Å²) in [4.78, 5) is 0. The van der Waals surface area contributed by atoms with Crippen LogP contribution in [-0.2, 0) is 0 Å². The largest absolute Gasteiger partial charge is 0.204 e. The second kappa shape index (κ2) is 10.1. The molecule has 0 radical (unpaired) electrons. The number of hydrogen-bond acceptors (Lipinski definition) is 0. The van der Waals surface area contributed by atoms with Crippen LogP contribution in [0.5, 0.6) is 0 Å². The molecule has 3 rings (SSSR count). The average molecular weight is 491 g/mol. The van der Waals surface area contributed by atoms with Crippen molar-refractivity contribution in [2.24, 2.45) is 17.8 Å². The molecule has 1 aromatic carbocycles. The second-order valence-corrected chi connectivity index (χ2v) is 10.2. The van der Waals surface area contributed by atoms with Crippen molar-refractivity contribution in [2.45, 2.75) is 89.9 Å². The number of benzene rings is 1. The highest BCUT2D eigenvalue weighted by Gasteiger charge is 2.26. The van der Waals surface area contributed by atoms with Crippen molar-refractivity contribution in [3.8, 4) is 0 Å². The maximum Gasteiger partial charge on any atom is 0.155 e. The van der Waals surface area contributed by atoms with E-state index in [2.05, 4.69) is 29.5 Å². The van der Waals surface area contributed by atoms with Crippen molar-refractivity contribution in [3.63, 3.8) is 0 Å². The lowest BCUT2D eigenvalue weighted by Gasteiger charge is -2.32. The van der Waals surface area contributed by atoms with Crippen molar-refractivity contribution in [2.75, 3.05) is 0 Å². The van der Waals surface area contributed by atoms with E-state index in [1.807, 2.05) is 6.07 Å². The normalized spacial score (nSPS) is 29.7. The summed E-state index contributed by atoms with van der Waals surface area (Å²) in [5, 5.41) is 0.250. The summed E-state index contributed by atoms with van der Waals surface area (Å²) in [6, 6.07) is 3.78. The Morgan fingerprint density at radius 3 is 1.92 bits per heavy atom. The summed E-state index contributed by atoms with van der Waals surface area (Å²) in [5.41, 5.74) is 1.18. The van der Waals surface area contributed by atoms with Gasteiger partial charge in [0, 0.05) is 0 Å². The molecule has 2 aliphatic carbocycles. The quantitative estimate of drug-likeness (QED) is 0.276. The highest BCUT2D eigenvalue weighted by Crippen LogP contribution is 2.42. The van der Waals surface area contributed by atoms with Gasteiger partial charge < -0.3 is 0 Å². The Kier molecular flexibility index (Phi) is 8.11. The Hall–Kier alpha value is 0.170. The van der Waals surface area contributed by atoms with Crippen LogP contribution >= 0.6 is 34.2 Å². The van der Waals surface area contributed by atoms with Gasteiger partial charge in [-0.1, -0.05) is 76.0 Å².